The van der Waals surface area contributed by atoms with Gasteiger partial charge in [0.2, 0.25) is 0 Å². The van der Waals surface area contributed by atoms with E-state index >= 15 is 0 Å². The molecule has 0 aliphatic carbocycles. The van der Waals surface area contributed by atoms with E-state index in [1.54, 1.807) is 0 Å². The first-order valence-electron chi connectivity index (χ1n) is 8.19. The molecule has 0 amide bonds. The number of rotatable bonds is 2. The van der Waals surface area contributed by atoms with Crippen LogP contribution in [0.5, 0.6) is 0 Å². The molecule has 2 N–H and O–H groups in total. The third kappa shape index (κ3) is 2.92. The molecule has 2 aliphatic rings. The van der Waals surface area contributed by atoms with E-state index in [0.29, 0.717) is 0 Å². The van der Waals surface area contributed by atoms with Gasteiger partial charge in [-0.3, -0.25) is 9.88 Å². The van der Waals surface area contributed by atoms with Gasteiger partial charge in [-0.1, -0.05) is 0 Å². The Kier molecular flexibility index (Phi) is 4.18. The minimum absolute atomic E-state index is 0.798. The fourth-order valence-electron chi connectivity index (χ4n) is 4.03. The van der Waals surface area contributed by atoms with E-state index in [-0.39, 0.29) is 0 Å². The normalized spacial score (nSPS) is 27.6. The highest BCUT2D eigenvalue weighted by Crippen LogP contribution is 2.30. The lowest BCUT2D eigenvalue weighted by Gasteiger charge is -2.46. The Morgan fingerprint density at radius 1 is 1.29 bits per heavy atom. The predicted molar refractivity (Wildman–Crippen MR) is 87.2 cm³/mol. The molecular formula is C17H28N4. The molecule has 3 rings (SSSR count). The molecule has 0 spiro atoms. The largest absolute Gasteiger partial charge is 0.398 e. The van der Waals surface area contributed by atoms with Gasteiger partial charge < -0.3 is 10.6 Å². The molecule has 116 valence electrons. The van der Waals surface area contributed by atoms with Gasteiger partial charge in [0, 0.05) is 37.6 Å². The van der Waals surface area contributed by atoms with Gasteiger partial charge in [0.15, 0.2) is 0 Å². The van der Waals surface area contributed by atoms with Crippen molar-refractivity contribution in [2.75, 3.05) is 32.4 Å². The van der Waals surface area contributed by atoms with Crippen molar-refractivity contribution in [2.45, 2.75) is 45.7 Å². The minimum atomic E-state index is 0.798. The van der Waals surface area contributed by atoms with E-state index in [4.69, 9.17) is 5.73 Å². The molecule has 2 saturated heterocycles. The van der Waals surface area contributed by atoms with Gasteiger partial charge in [-0.2, -0.15) is 0 Å². The van der Waals surface area contributed by atoms with E-state index in [2.05, 4.69) is 28.8 Å². The highest BCUT2D eigenvalue weighted by atomic mass is 15.2. The molecule has 4 heteroatoms. The summed E-state index contributed by atoms with van der Waals surface area (Å²) in [6, 6.07) is 0.798. The van der Waals surface area contributed by atoms with Crippen LogP contribution >= 0.6 is 0 Å². The zero-order valence-corrected chi connectivity index (χ0v) is 13.6. The summed E-state index contributed by atoms with van der Waals surface area (Å²) in [6.45, 7) is 8.75. The van der Waals surface area contributed by atoms with Gasteiger partial charge in [-0.25, -0.2) is 0 Å². The van der Waals surface area contributed by atoms with Crippen LogP contribution in [0.15, 0.2) is 6.20 Å². The van der Waals surface area contributed by atoms with Crippen LogP contribution in [0.25, 0.3) is 0 Å². The molecule has 0 aromatic carbocycles. The second kappa shape index (κ2) is 5.93. The van der Waals surface area contributed by atoms with E-state index in [1.807, 2.05) is 13.1 Å². The molecule has 0 bridgehead atoms. The predicted octanol–water partition coefficient (Wildman–Crippen LogP) is 2.20. The van der Waals surface area contributed by atoms with Crippen LogP contribution in [0.2, 0.25) is 0 Å². The van der Waals surface area contributed by atoms with Crippen molar-refractivity contribution in [3.8, 4) is 0 Å². The zero-order chi connectivity index (χ0) is 15.0. The third-order valence-electron chi connectivity index (χ3n) is 5.48. The lowest BCUT2D eigenvalue weighted by Crippen LogP contribution is -2.52. The summed E-state index contributed by atoms with van der Waals surface area (Å²) in [5, 5.41) is 0. The summed E-state index contributed by atoms with van der Waals surface area (Å²) in [5.74, 6) is 0.834. The van der Waals surface area contributed by atoms with Gasteiger partial charge in [-0.05, 0) is 63.7 Å². The topological polar surface area (TPSA) is 45.4 Å². The number of nitrogen functional groups attached to an aromatic ring is 1. The Morgan fingerprint density at radius 3 is 2.90 bits per heavy atom. The summed E-state index contributed by atoms with van der Waals surface area (Å²) < 4.78 is 0. The van der Waals surface area contributed by atoms with Crippen LogP contribution in [0.4, 0.5) is 5.69 Å². The number of aryl methyl sites for hydroxylation is 1. The number of pyridine rings is 1. The van der Waals surface area contributed by atoms with Gasteiger partial charge in [-0.15, -0.1) is 0 Å². The summed E-state index contributed by atoms with van der Waals surface area (Å²) in [7, 11) is 2.29. The van der Waals surface area contributed by atoms with Crippen molar-refractivity contribution >= 4 is 5.69 Å². The van der Waals surface area contributed by atoms with Gasteiger partial charge >= 0.3 is 0 Å². The van der Waals surface area contributed by atoms with Crippen LogP contribution in [0.3, 0.4) is 0 Å². The minimum Gasteiger partial charge on any atom is -0.398 e. The molecule has 2 aliphatic heterocycles. The maximum atomic E-state index is 6.15. The van der Waals surface area contributed by atoms with Gasteiger partial charge in [0.1, 0.15) is 0 Å². The molecule has 1 aromatic heterocycles. The number of fused-ring (bicyclic) bond motifs is 1. The van der Waals surface area contributed by atoms with Crippen molar-refractivity contribution < 1.29 is 0 Å². The summed E-state index contributed by atoms with van der Waals surface area (Å²) in [5.41, 5.74) is 10.5. The molecule has 1 aromatic rings. The van der Waals surface area contributed by atoms with Crippen molar-refractivity contribution in [2.24, 2.45) is 5.92 Å². The Bertz CT molecular complexity index is 514. The maximum Gasteiger partial charge on any atom is 0.0593 e. The first kappa shape index (κ1) is 14.8. The number of nitrogens with two attached hydrogens (primary N) is 1. The van der Waals surface area contributed by atoms with E-state index in [9.17, 15) is 0 Å². The Morgan fingerprint density at radius 2 is 2.10 bits per heavy atom. The number of anilines is 1. The number of hydrogen-bond donors (Lipinski definition) is 1. The van der Waals surface area contributed by atoms with Gasteiger partial charge in [0.05, 0.1) is 5.69 Å². The molecule has 0 radical (unpaired) electrons. The third-order valence-corrected chi connectivity index (χ3v) is 5.48. The van der Waals surface area contributed by atoms with E-state index in [0.717, 1.165) is 41.0 Å². The molecule has 2 fully saturated rings. The Labute approximate surface area is 128 Å². The van der Waals surface area contributed by atoms with Crippen LogP contribution in [-0.4, -0.2) is 47.5 Å². The lowest BCUT2D eigenvalue weighted by atomic mass is 9.84. The van der Waals surface area contributed by atoms with E-state index < -0.39 is 0 Å². The van der Waals surface area contributed by atoms with Crippen molar-refractivity contribution in [3.05, 3.63) is 23.0 Å². The fraction of sp³-hybridized carbons (Fsp3) is 0.706. The first-order chi connectivity index (χ1) is 10.1. The second-order valence-electron chi connectivity index (χ2n) is 6.90. The number of piperidine rings is 2. The number of nitrogens with zero attached hydrogens (tertiary/aromatic N) is 3. The monoisotopic (exact) mass is 288 g/mol. The Balaban J connectivity index is 1.68. The summed E-state index contributed by atoms with van der Waals surface area (Å²) >= 11 is 0. The highest BCUT2D eigenvalue weighted by Gasteiger charge is 2.34. The Hall–Kier alpha value is -1.13. The molecule has 4 nitrogen and oxygen atoms in total. The zero-order valence-electron chi connectivity index (χ0n) is 13.6. The fourth-order valence-corrected chi connectivity index (χ4v) is 4.03. The van der Waals surface area contributed by atoms with Crippen LogP contribution in [-0.2, 0) is 6.54 Å². The molecule has 2 atom stereocenters. The number of hydrogen-bond acceptors (Lipinski definition) is 4. The quantitative estimate of drug-likeness (QED) is 0.906. The number of aromatic nitrogens is 1. The highest BCUT2D eigenvalue weighted by molar-refractivity contribution is 5.53. The first-order valence-corrected chi connectivity index (χ1v) is 8.19. The summed E-state index contributed by atoms with van der Waals surface area (Å²) in [4.78, 5) is 9.76. The second-order valence-corrected chi connectivity index (χ2v) is 6.90. The SMILES string of the molecule is Cc1cnc(CN2CCC3C(CCCN3C)C2)c(C)c1N. The smallest absolute Gasteiger partial charge is 0.0593 e. The molecule has 3 heterocycles. The van der Waals surface area contributed by atoms with Crippen LogP contribution < -0.4 is 5.73 Å². The van der Waals surface area contributed by atoms with Crippen molar-refractivity contribution in [1.82, 2.24) is 14.8 Å². The summed E-state index contributed by atoms with van der Waals surface area (Å²) in [6.07, 6.45) is 5.94. The molecule has 0 saturated carbocycles. The maximum absolute atomic E-state index is 6.15. The van der Waals surface area contributed by atoms with Crippen molar-refractivity contribution in [1.29, 1.82) is 0 Å². The van der Waals surface area contributed by atoms with Crippen molar-refractivity contribution in [3.63, 3.8) is 0 Å². The standard InChI is InChI=1S/C17H28N4/c1-12-9-19-15(13(2)17(12)18)11-21-8-6-16-14(10-21)5-4-7-20(16)3/h9,14,16H,4-8,10-11H2,1-3H3,(H2,18,19). The average molecular weight is 288 g/mol. The number of likely N-dealkylation sites (tertiary alicyclic amines) is 2. The molecule has 21 heavy (non-hydrogen) atoms. The van der Waals surface area contributed by atoms with Gasteiger partial charge in [0.25, 0.3) is 0 Å². The van der Waals surface area contributed by atoms with E-state index in [1.165, 1.54) is 38.9 Å². The average Bonchev–Trinajstić information content (AvgIpc) is 2.48. The lowest BCUT2D eigenvalue weighted by molar-refractivity contribution is 0.0349. The molecular weight excluding hydrogens is 260 g/mol. The van der Waals surface area contributed by atoms with Crippen LogP contribution in [0.1, 0.15) is 36.1 Å². The van der Waals surface area contributed by atoms with Crippen LogP contribution in [0, 0.1) is 19.8 Å². The molecule has 2 unspecified atom stereocenters.